The van der Waals surface area contributed by atoms with Gasteiger partial charge in [-0.25, -0.2) is 0 Å². The Kier molecular flexibility index (Phi) is 7.08. The maximum atomic E-state index is 5.30. The van der Waals surface area contributed by atoms with Gasteiger partial charge in [0, 0.05) is 51.7 Å². The molecule has 0 bridgehead atoms. The molecule has 0 spiro atoms. The van der Waals surface area contributed by atoms with E-state index in [1.807, 2.05) is 25.6 Å². The fourth-order valence-corrected chi connectivity index (χ4v) is 1.99. The Hall–Kier alpha value is -1.56. The van der Waals surface area contributed by atoms with E-state index in [1.165, 1.54) is 11.3 Å². The molecule has 0 aliphatic rings. The molecule has 0 atom stereocenters. The third kappa shape index (κ3) is 4.85. The van der Waals surface area contributed by atoms with Crippen LogP contribution in [0.5, 0.6) is 0 Å². The average molecular weight is 281 g/mol. The summed E-state index contributed by atoms with van der Waals surface area (Å²) in [4.78, 5) is 4.21. The van der Waals surface area contributed by atoms with Crippen molar-refractivity contribution in [2.45, 2.75) is 33.7 Å². The molecule has 20 heavy (non-hydrogen) atoms. The highest BCUT2D eigenvalue weighted by Crippen LogP contribution is 2.10. The van der Waals surface area contributed by atoms with Crippen LogP contribution in [0.3, 0.4) is 0 Å². The predicted octanol–water partition coefficient (Wildman–Crippen LogP) is 1.13. The number of nitrogens with one attached hydrogen (secondary N) is 2. The van der Waals surface area contributed by atoms with Crippen LogP contribution in [0.15, 0.2) is 4.99 Å². The monoisotopic (exact) mass is 281 g/mol. The van der Waals surface area contributed by atoms with Gasteiger partial charge in [-0.05, 0) is 27.2 Å². The molecule has 114 valence electrons. The molecule has 6 heteroatoms. The molecule has 0 fully saturated rings. The van der Waals surface area contributed by atoms with Gasteiger partial charge in [-0.3, -0.25) is 9.67 Å². The van der Waals surface area contributed by atoms with Gasteiger partial charge >= 0.3 is 0 Å². The lowest BCUT2D eigenvalue weighted by Gasteiger charge is -2.12. The number of guanidine groups is 1. The minimum atomic E-state index is 0.733. The quantitative estimate of drug-likeness (QED) is 0.447. The highest BCUT2D eigenvalue weighted by atomic mass is 16.5. The van der Waals surface area contributed by atoms with Crippen LogP contribution in [0.1, 0.15) is 30.3 Å². The van der Waals surface area contributed by atoms with Crippen LogP contribution in [-0.2, 0) is 18.3 Å². The van der Waals surface area contributed by atoms with Gasteiger partial charge in [0.15, 0.2) is 5.96 Å². The molecule has 1 aromatic heterocycles. The minimum Gasteiger partial charge on any atom is -0.382 e. The van der Waals surface area contributed by atoms with Gasteiger partial charge in [-0.2, -0.15) is 5.10 Å². The van der Waals surface area contributed by atoms with Crippen LogP contribution in [0.2, 0.25) is 0 Å². The molecule has 0 saturated carbocycles. The first-order valence-corrected chi connectivity index (χ1v) is 7.11. The Morgan fingerprint density at radius 1 is 1.35 bits per heavy atom. The minimum absolute atomic E-state index is 0.733. The third-order valence-corrected chi connectivity index (χ3v) is 3.28. The highest BCUT2D eigenvalue weighted by Gasteiger charge is 2.09. The lowest BCUT2D eigenvalue weighted by atomic mass is 10.2. The van der Waals surface area contributed by atoms with Gasteiger partial charge < -0.3 is 15.4 Å². The van der Waals surface area contributed by atoms with Gasteiger partial charge in [0.05, 0.1) is 5.69 Å². The van der Waals surface area contributed by atoms with E-state index in [9.17, 15) is 0 Å². The van der Waals surface area contributed by atoms with E-state index in [4.69, 9.17) is 4.74 Å². The van der Waals surface area contributed by atoms with E-state index in [2.05, 4.69) is 27.6 Å². The van der Waals surface area contributed by atoms with E-state index in [1.54, 1.807) is 7.05 Å². The Labute approximate surface area is 121 Å². The number of aliphatic imine (C=N–C) groups is 1. The number of hydrogen-bond donors (Lipinski definition) is 2. The first-order valence-electron chi connectivity index (χ1n) is 7.11. The zero-order valence-corrected chi connectivity index (χ0v) is 13.3. The maximum Gasteiger partial charge on any atom is 0.191 e. The van der Waals surface area contributed by atoms with Crippen molar-refractivity contribution >= 4 is 5.96 Å². The number of rotatable bonds is 7. The van der Waals surface area contributed by atoms with E-state index in [0.29, 0.717) is 0 Å². The summed E-state index contributed by atoms with van der Waals surface area (Å²) in [5, 5.41) is 11.0. The van der Waals surface area contributed by atoms with Crippen LogP contribution < -0.4 is 10.6 Å². The fourth-order valence-electron chi connectivity index (χ4n) is 1.99. The van der Waals surface area contributed by atoms with Gasteiger partial charge in [0.25, 0.3) is 0 Å². The standard InChI is InChI=1S/C14H27N5O/c1-6-20-9-7-8-16-14(15-4)17-10-13-11(2)18-19(5)12(13)3/h6-10H2,1-5H3,(H2,15,16,17). The second-order valence-corrected chi connectivity index (χ2v) is 4.68. The van der Waals surface area contributed by atoms with Crippen LogP contribution in [0.25, 0.3) is 0 Å². The van der Waals surface area contributed by atoms with Gasteiger partial charge in [-0.15, -0.1) is 0 Å². The smallest absolute Gasteiger partial charge is 0.191 e. The summed E-state index contributed by atoms with van der Waals surface area (Å²) >= 11 is 0. The van der Waals surface area contributed by atoms with E-state index in [0.717, 1.165) is 44.4 Å². The highest BCUT2D eigenvalue weighted by molar-refractivity contribution is 5.79. The van der Waals surface area contributed by atoms with Crippen molar-refractivity contribution < 1.29 is 4.74 Å². The summed E-state index contributed by atoms with van der Waals surface area (Å²) < 4.78 is 7.21. The molecule has 1 heterocycles. The van der Waals surface area contributed by atoms with Gasteiger partial charge in [0.1, 0.15) is 0 Å². The van der Waals surface area contributed by atoms with Gasteiger partial charge in [0.2, 0.25) is 0 Å². The molecule has 0 aliphatic carbocycles. The maximum absolute atomic E-state index is 5.30. The van der Waals surface area contributed by atoms with Crippen LogP contribution in [-0.4, -0.2) is 42.5 Å². The van der Waals surface area contributed by atoms with Crippen molar-refractivity contribution in [1.29, 1.82) is 0 Å². The Morgan fingerprint density at radius 3 is 2.65 bits per heavy atom. The van der Waals surface area contributed by atoms with Crippen molar-refractivity contribution in [3.05, 3.63) is 17.0 Å². The molecule has 0 saturated heterocycles. The second kappa shape index (κ2) is 8.58. The summed E-state index contributed by atoms with van der Waals surface area (Å²) in [5.74, 6) is 0.809. The Bertz CT molecular complexity index is 439. The molecule has 0 unspecified atom stereocenters. The Balaban J connectivity index is 2.38. The molecule has 0 amide bonds. The Morgan fingerprint density at radius 2 is 2.10 bits per heavy atom. The third-order valence-electron chi connectivity index (χ3n) is 3.28. The number of aromatic nitrogens is 2. The van der Waals surface area contributed by atoms with Gasteiger partial charge in [-0.1, -0.05) is 0 Å². The molecule has 0 radical (unpaired) electrons. The molecule has 6 nitrogen and oxygen atoms in total. The molecule has 1 aromatic rings. The van der Waals surface area contributed by atoms with Crippen LogP contribution >= 0.6 is 0 Å². The zero-order chi connectivity index (χ0) is 15.0. The second-order valence-electron chi connectivity index (χ2n) is 4.68. The first kappa shape index (κ1) is 16.5. The summed E-state index contributed by atoms with van der Waals surface area (Å²) in [6, 6.07) is 0. The number of nitrogens with zero attached hydrogens (tertiary/aromatic N) is 3. The number of ether oxygens (including phenoxy) is 1. The number of hydrogen-bond acceptors (Lipinski definition) is 3. The summed E-state index contributed by atoms with van der Waals surface area (Å²) in [6.45, 7) is 9.25. The summed E-state index contributed by atoms with van der Waals surface area (Å²) in [6.07, 6.45) is 0.972. The molecule has 2 N–H and O–H groups in total. The van der Waals surface area contributed by atoms with E-state index >= 15 is 0 Å². The SMILES string of the molecule is CCOCCCNC(=NC)NCc1c(C)nn(C)c1C. The number of aryl methyl sites for hydroxylation is 2. The van der Waals surface area contributed by atoms with Crippen molar-refractivity contribution in [3.63, 3.8) is 0 Å². The largest absolute Gasteiger partial charge is 0.382 e. The average Bonchev–Trinajstić information content (AvgIpc) is 2.67. The topological polar surface area (TPSA) is 63.5 Å². The van der Waals surface area contributed by atoms with Crippen molar-refractivity contribution in [2.24, 2.45) is 12.0 Å². The van der Waals surface area contributed by atoms with Crippen LogP contribution in [0, 0.1) is 13.8 Å². The van der Waals surface area contributed by atoms with Crippen molar-refractivity contribution in [3.8, 4) is 0 Å². The van der Waals surface area contributed by atoms with E-state index < -0.39 is 0 Å². The van der Waals surface area contributed by atoms with Crippen LogP contribution in [0.4, 0.5) is 0 Å². The fraction of sp³-hybridized carbons (Fsp3) is 0.714. The molecular formula is C14H27N5O. The predicted molar refractivity (Wildman–Crippen MR) is 82.0 cm³/mol. The van der Waals surface area contributed by atoms with E-state index in [-0.39, 0.29) is 0 Å². The lowest BCUT2D eigenvalue weighted by molar-refractivity contribution is 0.145. The zero-order valence-electron chi connectivity index (χ0n) is 13.3. The normalized spacial score (nSPS) is 11.8. The van der Waals surface area contributed by atoms with Crippen molar-refractivity contribution in [2.75, 3.05) is 26.8 Å². The van der Waals surface area contributed by atoms with Crippen molar-refractivity contribution in [1.82, 2.24) is 20.4 Å². The first-order chi connectivity index (χ1) is 9.60. The molecular weight excluding hydrogens is 254 g/mol. The lowest BCUT2D eigenvalue weighted by Crippen LogP contribution is -2.37. The molecule has 0 aromatic carbocycles. The summed E-state index contributed by atoms with van der Waals surface area (Å²) in [5.41, 5.74) is 3.47. The molecule has 0 aliphatic heterocycles. The summed E-state index contributed by atoms with van der Waals surface area (Å²) in [7, 11) is 3.74. The molecule has 1 rings (SSSR count).